The van der Waals surface area contributed by atoms with Crippen molar-refractivity contribution in [1.29, 1.82) is 0 Å². The third kappa shape index (κ3) is 3.39. The number of amides is 1. The molecule has 8 nitrogen and oxygen atoms in total. The first kappa shape index (κ1) is 20.4. The maximum absolute atomic E-state index is 13.1. The number of alkyl halides is 6. The van der Waals surface area contributed by atoms with Crippen molar-refractivity contribution in [2.75, 3.05) is 5.73 Å². The van der Waals surface area contributed by atoms with Gasteiger partial charge in [0.15, 0.2) is 17.2 Å². The summed E-state index contributed by atoms with van der Waals surface area (Å²) in [4.78, 5) is 34.8. The van der Waals surface area contributed by atoms with Crippen LogP contribution in [0.15, 0.2) is 30.6 Å². The standard InChI is InChI=1S/C17H9F6N5O3/c18-16(19,20)11-6-27-10(4-25-13(27)12(24)26-11)7-2-1-3-8-9(7)5-28(14(8)29)31-15(30)17(21,22)23/h1-4,6H,5H2,(H2,24,26). The van der Waals surface area contributed by atoms with Crippen LogP contribution in [0.3, 0.4) is 0 Å². The van der Waals surface area contributed by atoms with Crippen LogP contribution < -0.4 is 5.73 Å². The Balaban J connectivity index is 1.80. The predicted molar refractivity (Wildman–Crippen MR) is 89.9 cm³/mol. The Labute approximate surface area is 167 Å². The number of halogens is 6. The normalized spacial score (nSPS) is 14.3. The number of fused-ring (bicyclic) bond motifs is 2. The van der Waals surface area contributed by atoms with Crippen molar-refractivity contribution in [3.05, 3.63) is 47.4 Å². The number of nitrogens with two attached hydrogens (primary N) is 1. The Morgan fingerprint density at radius 3 is 2.45 bits per heavy atom. The first-order valence-corrected chi connectivity index (χ1v) is 8.32. The molecule has 31 heavy (non-hydrogen) atoms. The number of hydrogen-bond acceptors (Lipinski definition) is 6. The highest BCUT2D eigenvalue weighted by atomic mass is 19.4. The second-order valence-electron chi connectivity index (χ2n) is 6.40. The molecule has 1 amide bonds. The number of hydrogen-bond donors (Lipinski definition) is 1. The molecule has 4 rings (SSSR count). The van der Waals surface area contributed by atoms with E-state index in [4.69, 9.17) is 5.73 Å². The molecule has 2 aromatic heterocycles. The van der Waals surface area contributed by atoms with Gasteiger partial charge in [0.25, 0.3) is 5.91 Å². The van der Waals surface area contributed by atoms with Gasteiger partial charge in [-0.05, 0) is 11.6 Å². The zero-order valence-corrected chi connectivity index (χ0v) is 15.0. The SMILES string of the molecule is Nc1nc(C(F)(F)F)cn2c(-c3cccc4c3CN(OC(=O)C(F)(F)F)C4=O)cnc12. The van der Waals surface area contributed by atoms with Crippen LogP contribution in [0, 0.1) is 0 Å². The lowest BCUT2D eigenvalue weighted by atomic mass is 10.0. The van der Waals surface area contributed by atoms with Gasteiger partial charge in [-0.15, -0.1) is 0 Å². The van der Waals surface area contributed by atoms with E-state index in [0.29, 0.717) is 6.20 Å². The van der Waals surface area contributed by atoms with Gasteiger partial charge in [0.05, 0.1) is 18.4 Å². The van der Waals surface area contributed by atoms with Gasteiger partial charge in [0.1, 0.15) is 0 Å². The van der Waals surface area contributed by atoms with Crippen LogP contribution in [0.5, 0.6) is 0 Å². The summed E-state index contributed by atoms with van der Waals surface area (Å²) in [5.74, 6) is -4.09. The molecule has 0 saturated carbocycles. The van der Waals surface area contributed by atoms with Crippen LogP contribution in [0.25, 0.3) is 16.9 Å². The van der Waals surface area contributed by atoms with Gasteiger partial charge in [-0.25, -0.2) is 14.8 Å². The number of rotatable bonds is 2. The molecule has 0 saturated heterocycles. The fourth-order valence-electron chi connectivity index (χ4n) is 3.12. The van der Waals surface area contributed by atoms with Gasteiger partial charge < -0.3 is 10.6 Å². The van der Waals surface area contributed by atoms with Crippen molar-refractivity contribution in [2.45, 2.75) is 18.9 Å². The van der Waals surface area contributed by atoms with Crippen LogP contribution in [0.2, 0.25) is 0 Å². The minimum absolute atomic E-state index is 0.0725. The van der Waals surface area contributed by atoms with Gasteiger partial charge in [-0.2, -0.15) is 31.4 Å². The minimum atomic E-state index is -5.32. The summed E-state index contributed by atoms with van der Waals surface area (Å²) in [6.45, 7) is -0.550. The lowest BCUT2D eigenvalue weighted by Crippen LogP contribution is -2.35. The molecule has 1 aliphatic rings. The Bertz CT molecular complexity index is 1230. The van der Waals surface area contributed by atoms with Crippen molar-refractivity contribution in [3.8, 4) is 11.3 Å². The molecule has 2 N–H and O–H groups in total. The summed E-state index contributed by atoms with van der Waals surface area (Å²) in [5, 5.41) is 0.226. The molecule has 0 spiro atoms. The average Bonchev–Trinajstić information content (AvgIpc) is 3.22. The molecule has 0 fully saturated rings. The number of benzene rings is 1. The number of nitrogens with zero attached hydrogens (tertiary/aromatic N) is 4. The highest BCUT2D eigenvalue weighted by Gasteiger charge is 2.45. The summed E-state index contributed by atoms with van der Waals surface area (Å²) < 4.78 is 77.8. The van der Waals surface area contributed by atoms with Gasteiger partial charge >= 0.3 is 18.3 Å². The molecule has 3 aromatic rings. The molecule has 1 aliphatic heterocycles. The number of carbonyl (C=O) groups is 2. The largest absolute Gasteiger partial charge is 0.493 e. The Morgan fingerprint density at radius 2 is 1.81 bits per heavy atom. The van der Waals surface area contributed by atoms with E-state index >= 15 is 0 Å². The Hall–Kier alpha value is -3.84. The summed E-state index contributed by atoms with van der Waals surface area (Å²) in [5.41, 5.74) is 4.50. The van der Waals surface area contributed by atoms with Crippen molar-refractivity contribution < 1.29 is 40.8 Å². The second kappa shape index (κ2) is 6.58. The molecule has 0 aliphatic carbocycles. The number of aromatic nitrogens is 3. The topological polar surface area (TPSA) is 103 Å². The van der Waals surface area contributed by atoms with E-state index in [9.17, 15) is 35.9 Å². The van der Waals surface area contributed by atoms with E-state index in [2.05, 4.69) is 14.8 Å². The van der Waals surface area contributed by atoms with E-state index < -0.39 is 42.3 Å². The van der Waals surface area contributed by atoms with Crippen molar-refractivity contribution in [2.24, 2.45) is 0 Å². The minimum Gasteiger partial charge on any atom is -0.381 e. The number of nitrogen functional groups attached to an aromatic ring is 1. The molecular weight excluding hydrogens is 436 g/mol. The first-order valence-electron chi connectivity index (χ1n) is 8.32. The Kier molecular flexibility index (Phi) is 4.34. The number of carbonyl (C=O) groups excluding carboxylic acids is 2. The maximum Gasteiger partial charge on any atom is 0.493 e. The van der Waals surface area contributed by atoms with Crippen molar-refractivity contribution >= 4 is 23.3 Å². The molecular formula is C17H9F6N5O3. The zero-order valence-electron chi connectivity index (χ0n) is 15.0. The average molecular weight is 445 g/mol. The lowest BCUT2D eigenvalue weighted by Gasteiger charge is -2.15. The highest BCUT2D eigenvalue weighted by Crippen LogP contribution is 2.36. The smallest absolute Gasteiger partial charge is 0.381 e. The monoisotopic (exact) mass is 445 g/mol. The number of imidazole rings is 1. The fourth-order valence-corrected chi connectivity index (χ4v) is 3.12. The van der Waals surface area contributed by atoms with Crippen LogP contribution in [0.4, 0.5) is 32.2 Å². The molecule has 0 unspecified atom stereocenters. The third-order valence-corrected chi connectivity index (χ3v) is 4.44. The molecule has 1 aromatic carbocycles. The number of hydroxylamine groups is 2. The predicted octanol–water partition coefficient (Wildman–Crippen LogP) is 2.97. The summed E-state index contributed by atoms with van der Waals surface area (Å²) in [6.07, 6.45) is -8.29. The number of anilines is 1. The summed E-state index contributed by atoms with van der Waals surface area (Å²) in [7, 11) is 0. The lowest BCUT2D eigenvalue weighted by molar-refractivity contribution is -0.229. The van der Waals surface area contributed by atoms with Gasteiger partial charge in [-0.3, -0.25) is 9.20 Å². The van der Waals surface area contributed by atoms with Crippen LogP contribution >= 0.6 is 0 Å². The van der Waals surface area contributed by atoms with E-state index in [0.717, 1.165) is 4.40 Å². The fraction of sp³-hybridized carbons (Fsp3) is 0.176. The highest BCUT2D eigenvalue weighted by molar-refractivity contribution is 6.00. The van der Waals surface area contributed by atoms with Crippen LogP contribution in [-0.4, -0.2) is 37.5 Å². The van der Waals surface area contributed by atoms with Crippen molar-refractivity contribution in [1.82, 2.24) is 19.4 Å². The zero-order chi connectivity index (χ0) is 22.7. The molecule has 0 atom stereocenters. The molecule has 3 heterocycles. The van der Waals surface area contributed by atoms with Gasteiger partial charge in [0.2, 0.25) is 0 Å². The third-order valence-electron chi connectivity index (χ3n) is 4.44. The van der Waals surface area contributed by atoms with Crippen LogP contribution in [-0.2, 0) is 22.4 Å². The second-order valence-corrected chi connectivity index (χ2v) is 6.40. The van der Waals surface area contributed by atoms with Crippen LogP contribution in [0.1, 0.15) is 21.6 Å². The summed E-state index contributed by atoms with van der Waals surface area (Å²) in [6, 6.07) is 4.08. The molecule has 162 valence electrons. The van der Waals surface area contributed by atoms with Gasteiger partial charge in [-0.1, -0.05) is 12.1 Å². The van der Waals surface area contributed by atoms with E-state index in [1.807, 2.05) is 0 Å². The van der Waals surface area contributed by atoms with E-state index in [-0.39, 0.29) is 33.1 Å². The molecule has 0 radical (unpaired) electrons. The quantitative estimate of drug-likeness (QED) is 0.609. The maximum atomic E-state index is 13.1. The van der Waals surface area contributed by atoms with Gasteiger partial charge in [0, 0.05) is 17.3 Å². The Morgan fingerprint density at radius 1 is 1.13 bits per heavy atom. The molecule has 14 heteroatoms. The molecule has 0 bridgehead atoms. The van der Waals surface area contributed by atoms with E-state index in [1.165, 1.54) is 24.4 Å². The van der Waals surface area contributed by atoms with Crippen molar-refractivity contribution in [3.63, 3.8) is 0 Å². The van der Waals surface area contributed by atoms with E-state index in [1.54, 1.807) is 0 Å². The first-order chi connectivity index (χ1) is 14.4. The summed E-state index contributed by atoms with van der Waals surface area (Å²) >= 11 is 0.